The molecule has 1 aliphatic heterocycles. The predicted molar refractivity (Wildman–Crippen MR) is 85.0 cm³/mol. The van der Waals surface area contributed by atoms with Crippen molar-refractivity contribution in [3.05, 3.63) is 0 Å². The summed E-state index contributed by atoms with van der Waals surface area (Å²) in [6.45, 7) is 11.0. The zero-order chi connectivity index (χ0) is 17.8. The Morgan fingerprint density at radius 2 is 1.74 bits per heavy atom. The van der Waals surface area contributed by atoms with Crippen LogP contribution in [0.4, 0.5) is 4.79 Å². The van der Waals surface area contributed by atoms with Crippen LogP contribution in [-0.2, 0) is 14.3 Å². The van der Waals surface area contributed by atoms with Gasteiger partial charge in [-0.2, -0.15) is 0 Å². The van der Waals surface area contributed by atoms with Crippen LogP contribution in [0.25, 0.3) is 0 Å². The van der Waals surface area contributed by atoms with E-state index >= 15 is 0 Å². The van der Waals surface area contributed by atoms with Crippen molar-refractivity contribution in [3.8, 4) is 0 Å². The maximum Gasteiger partial charge on any atom is 0.327 e. The van der Waals surface area contributed by atoms with Gasteiger partial charge in [0.05, 0.1) is 19.6 Å². The number of urea groups is 1. The number of hydrogen-bond acceptors (Lipinski definition) is 4. The number of ether oxygens (including phenoxy) is 1. The van der Waals surface area contributed by atoms with Gasteiger partial charge in [-0.25, -0.2) is 4.79 Å². The molecule has 3 amide bonds. The summed E-state index contributed by atoms with van der Waals surface area (Å²) in [6.07, 6.45) is 0.0297. The zero-order valence-corrected chi connectivity index (χ0v) is 14.7. The Balaban J connectivity index is 2.52. The number of imide groups is 1. The van der Waals surface area contributed by atoms with Crippen molar-refractivity contribution in [2.24, 2.45) is 10.8 Å². The standard InChI is InChI=1S/C16H28N2O5/c1-6-17-8-12(19)18(14(17)22)9-16(4,5)11-23-10-15(2,3)7-13(20)21/h6-11H2,1-5H3,(H,20,21). The molecule has 7 nitrogen and oxygen atoms in total. The highest BCUT2D eigenvalue weighted by atomic mass is 16.5. The zero-order valence-electron chi connectivity index (χ0n) is 14.7. The molecule has 1 heterocycles. The van der Waals surface area contributed by atoms with Gasteiger partial charge in [0.15, 0.2) is 0 Å². The molecule has 0 unspecified atom stereocenters. The Bertz CT molecular complexity index is 473. The summed E-state index contributed by atoms with van der Waals surface area (Å²) in [5.74, 6) is -1.04. The fourth-order valence-electron chi connectivity index (χ4n) is 2.53. The molecular weight excluding hydrogens is 300 g/mol. The second kappa shape index (κ2) is 7.29. The summed E-state index contributed by atoms with van der Waals surface area (Å²) in [5, 5.41) is 8.86. The van der Waals surface area contributed by atoms with Gasteiger partial charge in [0.25, 0.3) is 0 Å². The van der Waals surface area contributed by atoms with Crippen LogP contribution in [0, 0.1) is 10.8 Å². The van der Waals surface area contributed by atoms with Crippen molar-refractivity contribution in [1.29, 1.82) is 0 Å². The predicted octanol–water partition coefficient (Wildman–Crippen LogP) is 1.81. The number of carboxylic acids is 1. The summed E-state index contributed by atoms with van der Waals surface area (Å²) in [5.41, 5.74) is -0.853. The lowest BCUT2D eigenvalue weighted by atomic mass is 9.90. The first-order valence-electron chi connectivity index (χ1n) is 7.86. The molecule has 1 N–H and O–H groups in total. The summed E-state index contributed by atoms with van der Waals surface area (Å²) in [4.78, 5) is 37.6. The van der Waals surface area contributed by atoms with Gasteiger partial charge in [0, 0.05) is 18.5 Å². The van der Waals surface area contributed by atoms with Gasteiger partial charge in [0.1, 0.15) is 6.54 Å². The van der Waals surface area contributed by atoms with Crippen LogP contribution in [0.15, 0.2) is 0 Å². The van der Waals surface area contributed by atoms with Crippen LogP contribution in [0.2, 0.25) is 0 Å². The van der Waals surface area contributed by atoms with Gasteiger partial charge in [-0.3, -0.25) is 14.5 Å². The smallest absolute Gasteiger partial charge is 0.327 e. The molecule has 0 atom stereocenters. The van der Waals surface area contributed by atoms with Crippen LogP contribution in [0.3, 0.4) is 0 Å². The lowest BCUT2D eigenvalue weighted by Crippen LogP contribution is -2.42. The number of carbonyl (C=O) groups excluding carboxylic acids is 2. The Kier molecular flexibility index (Phi) is 6.16. The first-order chi connectivity index (χ1) is 10.5. The lowest BCUT2D eigenvalue weighted by Gasteiger charge is -2.30. The molecule has 1 fully saturated rings. The van der Waals surface area contributed by atoms with E-state index in [0.717, 1.165) is 0 Å². The fourth-order valence-corrected chi connectivity index (χ4v) is 2.53. The maximum absolute atomic E-state index is 12.1. The molecule has 0 aliphatic carbocycles. The van der Waals surface area contributed by atoms with Gasteiger partial charge in [-0.05, 0) is 12.3 Å². The minimum absolute atomic E-state index is 0.0297. The second-order valence-electron chi connectivity index (χ2n) is 7.67. The molecule has 0 bridgehead atoms. The number of carbonyl (C=O) groups is 3. The molecule has 7 heteroatoms. The van der Waals surface area contributed by atoms with Crippen LogP contribution >= 0.6 is 0 Å². The van der Waals surface area contributed by atoms with Gasteiger partial charge in [-0.1, -0.05) is 27.7 Å². The third kappa shape index (κ3) is 5.82. The SMILES string of the molecule is CCN1CC(=O)N(CC(C)(C)COCC(C)(C)CC(=O)O)C1=O. The average molecular weight is 328 g/mol. The molecule has 0 aromatic rings. The van der Waals surface area contributed by atoms with Gasteiger partial charge < -0.3 is 14.7 Å². The number of nitrogens with zero attached hydrogens (tertiary/aromatic N) is 2. The third-order valence-electron chi connectivity index (χ3n) is 3.71. The van der Waals surface area contributed by atoms with Crippen LogP contribution in [0.5, 0.6) is 0 Å². The lowest BCUT2D eigenvalue weighted by molar-refractivity contribution is -0.140. The summed E-state index contributed by atoms with van der Waals surface area (Å²) >= 11 is 0. The van der Waals surface area contributed by atoms with E-state index in [0.29, 0.717) is 26.3 Å². The van der Waals surface area contributed by atoms with Crippen LogP contribution in [-0.4, -0.2) is 65.7 Å². The number of amides is 3. The van der Waals surface area contributed by atoms with E-state index in [1.165, 1.54) is 9.80 Å². The average Bonchev–Trinajstić information content (AvgIpc) is 2.63. The minimum Gasteiger partial charge on any atom is -0.481 e. The quantitative estimate of drug-likeness (QED) is 0.652. The number of likely N-dealkylation sites (N-methyl/N-ethyl adjacent to an activating group) is 1. The minimum atomic E-state index is -0.856. The molecule has 0 radical (unpaired) electrons. The molecule has 23 heavy (non-hydrogen) atoms. The van der Waals surface area contributed by atoms with E-state index in [1.54, 1.807) is 0 Å². The van der Waals surface area contributed by atoms with Crippen molar-refractivity contribution in [2.75, 3.05) is 32.8 Å². The molecule has 0 aromatic carbocycles. The van der Waals surface area contributed by atoms with E-state index in [-0.39, 0.29) is 24.9 Å². The van der Waals surface area contributed by atoms with E-state index in [2.05, 4.69) is 0 Å². The first kappa shape index (κ1) is 19.4. The topological polar surface area (TPSA) is 87.2 Å². The molecule has 1 saturated heterocycles. The maximum atomic E-state index is 12.1. The number of aliphatic carboxylic acids is 1. The molecular formula is C16H28N2O5. The van der Waals surface area contributed by atoms with Crippen LogP contribution in [0.1, 0.15) is 41.0 Å². The van der Waals surface area contributed by atoms with Gasteiger partial charge in [0.2, 0.25) is 5.91 Å². The van der Waals surface area contributed by atoms with Crippen LogP contribution < -0.4 is 0 Å². The largest absolute Gasteiger partial charge is 0.481 e. The van der Waals surface area contributed by atoms with Gasteiger partial charge in [-0.15, -0.1) is 0 Å². The van der Waals surface area contributed by atoms with E-state index in [1.807, 2.05) is 34.6 Å². The first-order valence-corrected chi connectivity index (χ1v) is 7.86. The summed E-state index contributed by atoms with van der Waals surface area (Å²) in [6, 6.07) is -0.253. The molecule has 132 valence electrons. The Morgan fingerprint density at radius 3 is 2.22 bits per heavy atom. The summed E-state index contributed by atoms with van der Waals surface area (Å²) in [7, 11) is 0. The van der Waals surface area contributed by atoms with Crippen molar-refractivity contribution < 1.29 is 24.2 Å². The molecule has 0 aromatic heterocycles. The molecule has 1 rings (SSSR count). The number of rotatable bonds is 9. The Hall–Kier alpha value is -1.63. The van der Waals surface area contributed by atoms with E-state index in [9.17, 15) is 14.4 Å². The number of carboxylic acid groups (broad SMARTS) is 1. The normalized spacial score (nSPS) is 16.4. The fraction of sp³-hybridized carbons (Fsp3) is 0.812. The highest BCUT2D eigenvalue weighted by Gasteiger charge is 2.38. The Labute approximate surface area is 137 Å². The van der Waals surface area contributed by atoms with Crippen molar-refractivity contribution in [3.63, 3.8) is 0 Å². The van der Waals surface area contributed by atoms with E-state index < -0.39 is 16.8 Å². The van der Waals surface area contributed by atoms with Gasteiger partial charge >= 0.3 is 12.0 Å². The molecule has 1 aliphatic rings. The van der Waals surface area contributed by atoms with E-state index in [4.69, 9.17) is 9.84 Å². The van der Waals surface area contributed by atoms with Crippen molar-refractivity contribution in [2.45, 2.75) is 41.0 Å². The Morgan fingerprint density at radius 1 is 1.17 bits per heavy atom. The third-order valence-corrected chi connectivity index (χ3v) is 3.71. The monoisotopic (exact) mass is 328 g/mol. The molecule has 0 spiro atoms. The van der Waals surface area contributed by atoms with Crippen molar-refractivity contribution in [1.82, 2.24) is 9.80 Å². The highest BCUT2D eigenvalue weighted by Crippen LogP contribution is 2.25. The molecule has 0 saturated carbocycles. The number of hydrogen-bond donors (Lipinski definition) is 1. The highest BCUT2D eigenvalue weighted by molar-refractivity contribution is 6.02. The second-order valence-corrected chi connectivity index (χ2v) is 7.67. The summed E-state index contributed by atoms with van der Waals surface area (Å²) < 4.78 is 5.67. The van der Waals surface area contributed by atoms with Crippen molar-refractivity contribution >= 4 is 17.9 Å².